The molecule has 0 unspecified atom stereocenters. The first kappa shape index (κ1) is 15.0. The average Bonchev–Trinajstić information content (AvgIpc) is 3.15. The van der Waals surface area contributed by atoms with Gasteiger partial charge in [0.25, 0.3) is 0 Å². The number of hydrogen-bond acceptors (Lipinski definition) is 6. The van der Waals surface area contributed by atoms with E-state index in [2.05, 4.69) is 30.5 Å². The van der Waals surface area contributed by atoms with E-state index in [1.54, 1.807) is 18.5 Å². The molecule has 0 aliphatic heterocycles. The number of aromatic amines is 1. The van der Waals surface area contributed by atoms with Crippen LogP contribution in [0.4, 0.5) is 16.2 Å². The SMILES string of the molecule is Nc1nc(NCc2ncccc2F)c2ccc(-c3ccn[nH]3)cc2n1. The second-order valence-corrected chi connectivity index (χ2v) is 5.42. The minimum absolute atomic E-state index is 0.137. The Hall–Kier alpha value is -3.55. The van der Waals surface area contributed by atoms with Crippen molar-refractivity contribution < 1.29 is 4.39 Å². The van der Waals surface area contributed by atoms with Gasteiger partial charge in [-0.15, -0.1) is 0 Å². The van der Waals surface area contributed by atoms with Gasteiger partial charge < -0.3 is 11.1 Å². The molecule has 3 heterocycles. The summed E-state index contributed by atoms with van der Waals surface area (Å²) < 4.78 is 13.7. The van der Waals surface area contributed by atoms with Crippen LogP contribution >= 0.6 is 0 Å². The van der Waals surface area contributed by atoms with E-state index in [4.69, 9.17) is 5.73 Å². The molecule has 8 heteroatoms. The van der Waals surface area contributed by atoms with E-state index in [0.717, 1.165) is 16.6 Å². The molecule has 4 N–H and O–H groups in total. The number of nitrogens with zero attached hydrogens (tertiary/aromatic N) is 4. The number of pyridine rings is 1. The zero-order chi connectivity index (χ0) is 17.2. The van der Waals surface area contributed by atoms with Crippen LogP contribution in [-0.2, 0) is 6.54 Å². The number of fused-ring (bicyclic) bond motifs is 1. The van der Waals surface area contributed by atoms with Crippen LogP contribution in [0.5, 0.6) is 0 Å². The molecule has 0 aliphatic carbocycles. The lowest BCUT2D eigenvalue weighted by Crippen LogP contribution is -2.08. The minimum Gasteiger partial charge on any atom is -0.368 e. The zero-order valence-electron chi connectivity index (χ0n) is 13.1. The van der Waals surface area contributed by atoms with E-state index in [0.29, 0.717) is 17.0 Å². The fraction of sp³-hybridized carbons (Fsp3) is 0.0588. The highest BCUT2D eigenvalue weighted by molar-refractivity contribution is 5.92. The second kappa shape index (κ2) is 6.16. The Kier molecular flexibility index (Phi) is 3.70. The highest BCUT2D eigenvalue weighted by Gasteiger charge is 2.10. The van der Waals surface area contributed by atoms with E-state index in [1.807, 2.05) is 24.3 Å². The van der Waals surface area contributed by atoms with Gasteiger partial charge in [-0.1, -0.05) is 6.07 Å². The zero-order valence-corrected chi connectivity index (χ0v) is 13.1. The van der Waals surface area contributed by atoms with Crippen molar-refractivity contribution in [3.63, 3.8) is 0 Å². The molecule has 0 radical (unpaired) electrons. The third-order valence-corrected chi connectivity index (χ3v) is 3.78. The number of nitrogens with one attached hydrogen (secondary N) is 2. The number of nitrogen functional groups attached to an aromatic ring is 1. The number of aromatic nitrogens is 5. The van der Waals surface area contributed by atoms with E-state index in [9.17, 15) is 4.39 Å². The fourth-order valence-electron chi connectivity index (χ4n) is 2.58. The van der Waals surface area contributed by atoms with Crippen LogP contribution in [0, 0.1) is 5.82 Å². The summed E-state index contributed by atoms with van der Waals surface area (Å²) in [4.78, 5) is 12.5. The lowest BCUT2D eigenvalue weighted by atomic mass is 10.1. The average molecular weight is 335 g/mol. The van der Waals surface area contributed by atoms with E-state index in [1.165, 1.54) is 6.07 Å². The Morgan fingerprint density at radius 2 is 2.04 bits per heavy atom. The molecule has 25 heavy (non-hydrogen) atoms. The summed E-state index contributed by atoms with van der Waals surface area (Å²) in [6.07, 6.45) is 3.23. The Balaban J connectivity index is 1.70. The molecule has 3 aromatic heterocycles. The van der Waals surface area contributed by atoms with Gasteiger partial charge in [0.2, 0.25) is 5.95 Å². The van der Waals surface area contributed by atoms with Crippen molar-refractivity contribution >= 4 is 22.7 Å². The van der Waals surface area contributed by atoms with Crippen molar-refractivity contribution in [3.8, 4) is 11.3 Å². The second-order valence-electron chi connectivity index (χ2n) is 5.42. The third kappa shape index (κ3) is 2.97. The lowest BCUT2D eigenvalue weighted by Gasteiger charge is -2.10. The van der Waals surface area contributed by atoms with Gasteiger partial charge >= 0.3 is 0 Å². The summed E-state index contributed by atoms with van der Waals surface area (Å²) in [6, 6.07) is 10.5. The number of H-pyrrole nitrogens is 1. The Morgan fingerprint density at radius 3 is 2.84 bits per heavy atom. The molecule has 4 aromatic rings. The van der Waals surface area contributed by atoms with Gasteiger partial charge in [-0.05, 0) is 30.3 Å². The summed E-state index contributed by atoms with van der Waals surface area (Å²) in [7, 11) is 0. The molecule has 124 valence electrons. The van der Waals surface area contributed by atoms with Crippen LogP contribution in [0.1, 0.15) is 5.69 Å². The third-order valence-electron chi connectivity index (χ3n) is 3.78. The van der Waals surface area contributed by atoms with E-state index < -0.39 is 0 Å². The molecule has 4 rings (SSSR count). The van der Waals surface area contributed by atoms with Crippen molar-refractivity contribution in [2.75, 3.05) is 11.1 Å². The predicted octanol–water partition coefficient (Wildman–Crippen LogP) is 2.75. The number of rotatable bonds is 4. The molecule has 7 nitrogen and oxygen atoms in total. The molecular formula is C17H14FN7. The molecule has 0 atom stereocenters. The predicted molar refractivity (Wildman–Crippen MR) is 93.1 cm³/mol. The van der Waals surface area contributed by atoms with Gasteiger partial charge in [0, 0.05) is 23.3 Å². The van der Waals surface area contributed by atoms with Crippen LogP contribution < -0.4 is 11.1 Å². The summed E-state index contributed by atoms with van der Waals surface area (Å²) in [5.41, 5.74) is 8.63. The van der Waals surface area contributed by atoms with Gasteiger partial charge in [-0.3, -0.25) is 10.1 Å². The summed E-state index contributed by atoms with van der Waals surface area (Å²) >= 11 is 0. The van der Waals surface area contributed by atoms with Gasteiger partial charge in [0.05, 0.1) is 23.4 Å². The first-order valence-corrected chi connectivity index (χ1v) is 7.61. The standard InChI is InChI=1S/C17H14FN7/c18-12-2-1-6-20-15(12)9-21-16-11-4-3-10(13-5-7-22-25-13)8-14(11)23-17(19)24-16/h1-8H,9H2,(H,22,25)(H3,19,21,23,24). The molecule has 1 aromatic carbocycles. The van der Waals surface area contributed by atoms with Crippen molar-refractivity contribution in [2.24, 2.45) is 0 Å². The van der Waals surface area contributed by atoms with Crippen LogP contribution in [0.25, 0.3) is 22.2 Å². The first-order chi connectivity index (χ1) is 12.2. The van der Waals surface area contributed by atoms with Crippen molar-refractivity contribution in [3.05, 3.63) is 60.3 Å². The maximum atomic E-state index is 13.7. The summed E-state index contributed by atoms with van der Waals surface area (Å²) in [6.45, 7) is 0.195. The van der Waals surface area contributed by atoms with Crippen LogP contribution in [-0.4, -0.2) is 25.1 Å². The van der Waals surface area contributed by atoms with Crippen LogP contribution in [0.3, 0.4) is 0 Å². The molecule has 0 saturated carbocycles. The van der Waals surface area contributed by atoms with Gasteiger partial charge in [-0.25, -0.2) is 9.37 Å². The van der Waals surface area contributed by atoms with E-state index >= 15 is 0 Å². The highest BCUT2D eigenvalue weighted by Crippen LogP contribution is 2.26. The molecule has 0 aliphatic rings. The maximum Gasteiger partial charge on any atom is 0.222 e. The monoisotopic (exact) mass is 335 g/mol. The molecule has 0 saturated heterocycles. The Labute approximate surface area is 142 Å². The van der Waals surface area contributed by atoms with Crippen LogP contribution in [0.15, 0.2) is 48.8 Å². The quantitative estimate of drug-likeness (QED) is 0.529. The summed E-state index contributed by atoms with van der Waals surface area (Å²) in [5, 5.41) is 10.7. The number of halogens is 1. The minimum atomic E-state index is -0.372. The van der Waals surface area contributed by atoms with Gasteiger partial charge in [-0.2, -0.15) is 10.1 Å². The topological polar surface area (TPSA) is 105 Å². The van der Waals surface area contributed by atoms with Gasteiger partial charge in [0.15, 0.2) is 0 Å². The molecule has 0 amide bonds. The first-order valence-electron chi connectivity index (χ1n) is 7.61. The normalized spacial score (nSPS) is 10.9. The van der Waals surface area contributed by atoms with E-state index in [-0.39, 0.29) is 18.3 Å². The Bertz CT molecular complexity index is 1030. The number of hydrogen-bond donors (Lipinski definition) is 3. The number of anilines is 2. The van der Waals surface area contributed by atoms with Gasteiger partial charge in [0.1, 0.15) is 11.6 Å². The largest absolute Gasteiger partial charge is 0.368 e. The maximum absolute atomic E-state index is 13.7. The van der Waals surface area contributed by atoms with Crippen molar-refractivity contribution in [1.29, 1.82) is 0 Å². The molecular weight excluding hydrogens is 321 g/mol. The van der Waals surface area contributed by atoms with Crippen molar-refractivity contribution in [1.82, 2.24) is 25.1 Å². The Morgan fingerprint density at radius 1 is 1.12 bits per heavy atom. The molecule has 0 spiro atoms. The molecule has 0 bridgehead atoms. The number of benzene rings is 1. The number of nitrogens with two attached hydrogens (primary N) is 1. The van der Waals surface area contributed by atoms with Crippen LogP contribution in [0.2, 0.25) is 0 Å². The highest BCUT2D eigenvalue weighted by atomic mass is 19.1. The smallest absolute Gasteiger partial charge is 0.222 e. The lowest BCUT2D eigenvalue weighted by molar-refractivity contribution is 0.602. The fourth-order valence-corrected chi connectivity index (χ4v) is 2.58. The van der Waals surface area contributed by atoms with Crippen molar-refractivity contribution in [2.45, 2.75) is 6.54 Å². The molecule has 0 fully saturated rings. The summed E-state index contributed by atoms with van der Waals surface area (Å²) in [5.74, 6) is 0.296.